The lowest BCUT2D eigenvalue weighted by Gasteiger charge is -1.99. The fourth-order valence-corrected chi connectivity index (χ4v) is 2.04. The molecule has 0 aliphatic heterocycles. The summed E-state index contributed by atoms with van der Waals surface area (Å²) in [7, 11) is 0. The highest BCUT2D eigenvalue weighted by molar-refractivity contribution is 9.10. The van der Waals surface area contributed by atoms with Gasteiger partial charge in [-0.3, -0.25) is 4.40 Å². The minimum absolute atomic E-state index is 0.0844. The standard InChI is InChI=1S/C11H7BrN4O2/c12-7-5-13-16(6-7)10-9(11(17)18)15-4-2-1-3-8(15)14-10/h1-6H,(H,17,18). The molecule has 90 valence electrons. The predicted molar refractivity (Wildman–Crippen MR) is 67.0 cm³/mol. The molecule has 0 spiro atoms. The van der Waals surface area contributed by atoms with Crippen molar-refractivity contribution in [2.75, 3.05) is 0 Å². The number of hydrogen-bond acceptors (Lipinski definition) is 3. The summed E-state index contributed by atoms with van der Waals surface area (Å²) in [5, 5.41) is 13.4. The summed E-state index contributed by atoms with van der Waals surface area (Å²) < 4.78 is 3.71. The summed E-state index contributed by atoms with van der Waals surface area (Å²) >= 11 is 3.27. The number of aromatic carboxylic acids is 1. The van der Waals surface area contributed by atoms with Crippen LogP contribution in [-0.2, 0) is 0 Å². The van der Waals surface area contributed by atoms with Crippen LogP contribution in [0.25, 0.3) is 11.5 Å². The fraction of sp³-hybridized carbons (Fsp3) is 0. The van der Waals surface area contributed by atoms with Gasteiger partial charge in [0.2, 0.25) is 0 Å². The molecule has 6 nitrogen and oxygen atoms in total. The third kappa shape index (κ3) is 1.60. The zero-order valence-electron chi connectivity index (χ0n) is 8.99. The molecule has 0 amide bonds. The molecular formula is C11H7BrN4O2. The van der Waals surface area contributed by atoms with Gasteiger partial charge in [-0.1, -0.05) is 6.07 Å². The maximum absolute atomic E-state index is 11.4. The normalized spacial score (nSPS) is 10.9. The molecule has 0 fully saturated rings. The van der Waals surface area contributed by atoms with Crippen LogP contribution in [0.15, 0.2) is 41.3 Å². The zero-order chi connectivity index (χ0) is 12.7. The molecule has 0 bridgehead atoms. The molecule has 3 rings (SSSR count). The van der Waals surface area contributed by atoms with Crippen molar-refractivity contribution >= 4 is 27.5 Å². The Labute approximate surface area is 110 Å². The second kappa shape index (κ2) is 3.95. The van der Waals surface area contributed by atoms with Gasteiger partial charge in [0.1, 0.15) is 5.65 Å². The zero-order valence-corrected chi connectivity index (χ0v) is 10.6. The molecular weight excluding hydrogens is 300 g/mol. The van der Waals surface area contributed by atoms with E-state index in [1.165, 1.54) is 9.08 Å². The van der Waals surface area contributed by atoms with Crippen LogP contribution >= 0.6 is 15.9 Å². The van der Waals surface area contributed by atoms with Gasteiger partial charge < -0.3 is 5.11 Å². The molecule has 3 aromatic heterocycles. The summed E-state index contributed by atoms with van der Waals surface area (Å²) in [5.41, 5.74) is 0.651. The van der Waals surface area contributed by atoms with Crippen LogP contribution in [0, 0.1) is 0 Å². The molecule has 0 radical (unpaired) electrons. The van der Waals surface area contributed by atoms with Crippen molar-refractivity contribution in [1.29, 1.82) is 0 Å². The van der Waals surface area contributed by atoms with Crippen LogP contribution in [0.1, 0.15) is 10.5 Å². The van der Waals surface area contributed by atoms with Gasteiger partial charge >= 0.3 is 5.97 Å². The Bertz CT molecular complexity index is 746. The molecule has 0 aromatic carbocycles. The number of imidazole rings is 1. The molecule has 0 unspecified atom stereocenters. The Morgan fingerprint density at radius 3 is 2.89 bits per heavy atom. The van der Waals surface area contributed by atoms with Crippen LogP contribution < -0.4 is 0 Å². The van der Waals surface area contributed by atoms with Crippen molar-refractivity contribution in [3.8, 4) is 5.82 Å². The molecule has 18 heavy (non-hydrogen) atoms. The van der Waals surface area contributed by atoms with E-state index in [4.69, 9.17) is 0 Å². The first-order valence-corrected chi connectivity index (χ1v) is 5.87. The fourth-order valence-electron chi connectivity index (χ4n) is 1.76. The topological polar surface area (TPSA) is 72.4 Å². The summed E-state index contributed by atoms with van der Waals surface area (Å²) in [6.45, 7) is 0. The number of pyridine rings is 1. The van der Waals surface area contributed by atoms with Crippen molar-refractivity contribution in [3.05, 3.63) is 47.0 Å². The Morgan fingerprint density at radius 1 is 1.39 bits per heavy atom. The first-order valence-electron chi connectivity index (χ1n) is 5.08. The number of carbonyl (C=O) groups is 1. The van der Waals surface area contributed by atoms with E-state index in [0.29, 0.717) is 11.5 Å². The van der Waals surface area contributed by atoms with E-state index in [1.807, 2.05) is 0 Å². The second-order valence-corrected chi connectivity index (χ2v) is 4.54. The van der Waals surface area contributed by atoms with Crippen molar-refractivity contribution in [3.63, 3.8) is 0 Å². The van der Waals surface area contributed by atoms with Gasteiger partial charge in [-0.25, -0.2) is 14.5 Å². The number of fused-ring (bicyclic) bond motifs is 1. The second-order valence-electron chi connectivity index (χ2n) is 3.62. The van der Waals surface area contributed by atoms with E-state index < -0.39 is 5.97 Å². The highest BCUT2D eigenvalue weighted by Crippen LogP contribution is 2.18. The first kappa shape index (κ1) is 11.0. The van der Waals surface area contributed by atoms with E-state index in [0.717, 1.165) is 4.47 Å². The summed E-state index contributed by atoms with van der Waals surface area (Å²) in [5.74, 6) is -0.755. The lowest BCUT2D eigenvalue weighted by atomic mass is 10.4. The number of hydrogen-bond donors (Lipinski definition) is 1. The van der Waals surface area contributed by atoms with Crippen LogP contribution in [0.3, 0.4) is 0 Å². The minimum atomic E-state index is -1.05. The molecule has 7 heteroatoms. The van der Waals surface area contributed by atoms with Crippen LogP contribution in [0.4, 0.5) is 0 Å². The quantitative estimate of drug-likeness (QED) is 0.786. The van der Waals surface area contributed by atoms with Gasteiger partial charge in [-0.2, -0.15) is 5.10 Å². The Morgan fingerprint density at radius 2 is 2.22 bits per heavy atom. The number of carboxylic acids is 1. The largest absolute Gasteiger partial charge is 0.476 e. The molecule has 0 aliphatic rings. The lowest BCUT2D eigenvalue weighted by molar-refractivity contribution is 0.0689. The third-order valence-corrected chi connectivity index (χ3v) is 2.89. The van der Waals surface area contributed by atoms with Crippen molar-refractivity contribution < 1.29 is 9.90 Å². The molecule has 0 aliphatic carbocycles. The van der Waals surface area contributed by atoms with Crippen molar-refractivity contribution in [1.82, 2.24) is 19.2 Å². The third-order valence-electron chi connectivity index (χ3n) is 2.48. The van der Waals surface area contributed by atoms with Gasteiger partial charge in [-0.05, 0) is 28.1 Å². The van der Waals surface area contributed by atoms with Gasteiger partial charge in [-0.15, -0.1) is 0 Å². The summed E-state index contributed by atoms with van der Waals surface area (Å²) in [6.07, 6.45) is 4.90. The molecule has 0 saturated heterocycles. The van der Waals surface area contributed by atoms with Crippen LogP contribution in [0.5, 0.6) is 0 Å². The molecule has 3 aromatic rings. The van der Waals surface area contributed by atoms with E-state index in [9.17, 15) is 9.90 Å². The van der Waals surface area contributed by atoms with E-state index >= 15 is 0 Å². The number of carboxylic acid groups (broad SMARTS) is 1. The maximum atomic E-state index is 11.4. The maximum Gasteiger partial charge on any atom is 0.356 e. The Kier molecular flexibility index (Phi) is 2.41. The lowest BCUT2D eigenvalue weighted by Crippen LogP contribution is -2.07. The number of nitrogens with zero attached hydrogens (tertiary/aromatic N) is 4. The van der Waals surface area contributed by atoms with Crippen molar-refractivity contribution in [2.24, 2.45) is 0 Å². The predicted octanol–water partition coefficient (Wildman–Crippen LogP) is 1.98. The Hall–Kier alpha value is -2.15. The average Bonchev–Trinajstić information content (AvgIpc) is 2.91. The molecule has 0 saturated carbocycles. The summed E-state index contributed by atoms with van der Waals surface area (Å²) in [4.78, 5) is 15.6. The monoisotopic (exact) mass is 306 g/mol. The highest BCUT2D eigenvalue weighted by Gasteiger charge is 2.20. The smallest absolute Gasteiger partial charge is 0.356 e. The van der Waals surface area contributed by atoms with Crippen molar-refractivity contribution in [2.45, 2.75) is 0 Å². The van der Waals surface area contributed by atoms with Gasteiger partial charge in [0.05, 0.1) is 10.7 Å². The minimum Gasteiger partial charge on any atom is -0.476 e. The van der Waals surface area contributed by atoms with Crippen LogP contribution in [-0.4, -0.2) is 30.2 Å². The average molecular weight is 307 g/mol. The SMILES string of the molecule is O=C(O)c1c(-n2cc(Br)cn2)nc2ccccn12. The van der Waals surface area contributed by atoms with Crippen LogP contribution in [0.2, 0.25) is 0 Å². The highest BCUT2D eigenvalue weighted by atomic mass is 79.9. The molecule has 1 N–H and O–H groups in total. The van der Waals surface area contributed by atoms with E-state index in [1.54, 1.807) is 36.8 Å². The number of rotatable bonds is 2. The molecule has 3 heterocycles. The van der Waals surface area contributed by atoms with E-state index in [-0.39, 0.29) is 5.69 Å². The first-order chi connectivity index (χ1) is 8.66. The number of halogens is 1. The van der Waals surface area contributed by atoms with Gasteiger partial charge in [0.25, 0.3) is 0 Å². The Balaban J connectivity index is 2.34. The van der Waals surface area contributed by atoms with Gasteiger partial charge in [0.15, 0.2) is 11.5 Å². The molecule has 0 atom stereocenters. The summed E-state index contributed by atoms with van der Waals surface area (Å²) in [6, 6.07) is 5.30. The van der Waals surface area contributed by atoms with Gasteiger partial charge in [0, 0.05) is 12.4 Å². The number of aromatic nitrogens is 4. The van der Waals surface area contributed by atoms with E-state index in [2.05, 4.69) is 26.0 Å².